The smallest absolute Gasteiger partial charge is 0.161 e. The van der Waals surface area contributed by atoms with Gasteiger partial charge in [-0.05, 0) is 23.8 Å². The summed E-state index contributed by atoms with van der Waals surface area (Å²) in [6.45, 7) is 0.730. The SMILES string of the molecule is COc1ccc(Cn2cccn2)cc1OC. The molecule has 0 aliphatic heterocycles. The zero-order valence-electron chi connectivity index (χ0n) is 9.38. The molecule has 1 heterocycles. The molecule has 16 heavy (non-hydrogen) atoms. The second-order valence-corrected chi connectivity index (χ2v) is 3.39. The van der Waals surface area contributed by atoms with Crippen molar-refractivity contribution in [1.29, 1.82) is 0 Å². The average Bonchev–Trinajstić information content (AvgIpc) is 2.81. The maximum atomic E-state index is 5.24. The molecule has 1 aromatic heterocycles. The number of rotatable bonds is 4. The Kier molecular flexibility index (Phi) is 3.10. The summed E-state index contributed by atoms with van der Waals surface area (Å²) in [6, 6.07) is 7.77. The highest BCUT2D eigenvalue weighted by Crippen LogP contribution is 2.27. The summed E-state index contributed by atoms with van der Waals surface area (Å²) in [7, 11) is 3.26. The van der Waals surface area contributed by atoms with Gasteiger partial charge in [0.15, 0.2) is 11.5 Å². The second-order valence-electron chi connectivity index (χ2n) is 3.39. The molecule has 4 heteroatoms. The number of benzene rings is 1. The van der Waals surface area contributed by atoms with Gasteiger partial charge in [0.25, 0.3) is 0 Å². The van der Waals surface area contributed by atoms with Gasteiger partial charge in [0, 0.05) is 12.4 Å². The van der Waals surface area contributed by atoms with Crippen LogP contribution in [0.5, 0.6) is 11.5 Å². The van der Waals surface area contributed by atoms with E-state index in [0.29, 0.717) is 0 Å². The minimum Gasteiger partial charge on any atom is -0.493 e. The largest absolute Gasteiger partial charge is 0.493 e. The fourth-order valence-corrected chi connectivity index (χ4v) is 1.56. The molecule has 0 amide bonds. The lowest BCUT2D eigenvalue weighted by molar-refractivity contribution is 0.354. The molecule has 0 aliphatic carbocycles. The number of nitrogens with zero attached hydrogens (tertiary/aromatic N) is 2. The van der Waals surface area contributed by atoms with Crippen molar-refractivity contribution >= 4 is 0 Å². The Bertz CT molecular complexity index is 452. The molecular formula is C12H14N2O2. The first-order valence-electron chi connectivity index (χ1n) is 5.02. The highest BCUT2D eigenvalue weighted by atomic mass is 16.5. The molecule has 0 N–H and O–H groups in total. The summed E-state index contributed by atoms with van der Waals surface area (Å²) in [6.07, 6.45) is 3.69. The third-order valence-electron chi connectivity index (χ3n) is 2.35. The van der Waals surface area contributed by atoms with E-state index in [9.17, 15) is 0 Å². The van der Waals surface area contributed by atoms with E-state index < -0.39 is 0 Å². The van der Waals surface area contributed by atoms with Crippen molar-refractivity contribution in [3.63, 3.8) is 0 Å². The number of ether oxygens (including phenoxy) is 2. The predicted molar refractivity (Wildman–Crippen MR) is 60.9 cm³/mol. The summed E-state index contributed by atoms with van der Waals surface area (Å²) in [4.78, 5) is 0. The average molecular weight is 218 g/mol. The van der Waals surface area contributed by atoms with Gasteiger partial charge in [-0.15, -0.1) is 0 Å². The molecule has 0 atom stereocenters. The second kappa shape index (κ2) is 4.70. The van der Waals surface area contributed by atoms with Gasteiger partial charge in [0.1, 0.15) is 0 Å². The van der Waals surface area contributed by atoms with E-state index in [0.717, 1.165) is 23.6 Å². The first-order chi connectivity index (χ1) is 7.83. The molecule has 0 unspecified atom stereocenters. The standard InChI is InChI=1S/C12H14N2O2/c1-15-11-5-4-10(8-12(11)16-2)9-14-7-3-6-13-14/h3-8H,9H2,1-2H3. The van der Waals surface area contributed by atoms with E-state index >= 15 is 0 Å². The molecule has 0 fully saturated rings. The van der Waals surface area contributed by atoms with Crippen LogP contribution in [0.2, 0.25) is 0 Å². The predicted octanol–water partition coefficient (Wildman–Crippen LogP) is 1.95. The zero-order valence-corrected chi connectivity index (χ0v) is 9.38. The molecule has 0 saturated carbocycles. The Hall–Kier alpha value is -1.97. The monoisotopic (exact) mass is 218 g/mol. The van der Waals surface area contributed by atoms with Crippen molar-refractivity contribution in [2.45, 2.75) is 6.54 Å². The van der Waals surface area contributed by atoms with Crippen LogP contribution in [0.4, 0.5) is 0 Å². The Balaban J connectivity index is 2.22. The number of hydrogen-bond donors (Lipinski definition) is 0. The van der Waals surface area contributed by atoms with E-state index in [-0.39, 0.29) is 0 Å². The molecular weight excluding hydrogens is 204 g/mol. The highest BCUT2D eigenvalue weighted by molar-refractivity contribution is 5.42. The normalized spacial score (nSPS) is 10.1. The van der Waals surface area contributed by atoms with Crippen LogP contribution >= 0.6 is 0 Å². The van der Waals surface area contributed by atoms with Gasteiger partial charge in [-0.25, -0.2) is 0 Å². The van der Waals surface area contributed by atoms with Crippen molar-refractivity contribution in [2.75, 3.05) is 14.2 Å². The van der Waals surface area contributed by atoms with Crippen LogP contribution in [-0.2, 0) is 6.54 Å². The van der Waals surface area contributed by atoms with E-state index in [1.54, 1.807) is 20.4 Å². The van der Waals surface area contributed by atoms with Gasteiger partial charge in [0.2, 0.25) is 0 Å². The Morgan fingerprint density at radius 2 is 2.00 bits per heavy atom. The molecule has 0 bridgehead atoms. The molecule has 0 saturated heterocycles. The first-order valence-corrected chi connectivity index (χ1v) is 5.02. The molecule has 0 radical (unpaired) electrons. The summed E-state index contributed by atoms with van der Waals surface area (Å²) < 4.78 is 12.3. The third kappa shape index (κ3) is 2.16. The minimum atomic E-state index is 0.730. The van der Waals surface area contributed by atoms with E-state index in [2.05, 4.69) is 5.10 Å². The Morgan fingerprint density at radius 1 is 1.19 bits per heavy atom. The summed E-state index contributed by atoms with van der Waals surface area (Å²) >= 11 is 0. The maximum Gasteiger partial charge on any atom is 0.161 e. The molecule has 4 nitrogen and oxygen atoms in total. The van der Waals surface area contributed by atoms with Gasteiger partial charge in [-0.2, -0.15) is 5.10 Å². The number of methoxy groups -OCH3 is 2. The summed E-state index contributed by atoms with van der Waals surface area (Å²) in [5, 5.41) is 4.15. The maximum absolute atomic E-state index is 5.24. The van der Waals surface area contributed by atoms with Gasteiger partial charge >= 0.3 is 0 Å². The van der Waals surface area contributed by atoms with Gasteiger partial charge in [-0.1, -0.05) is 6.07 Å². The lowest BCUT2D eigenvalue weighted by atomic mass is 10.2. The van der Waals surface area contributed by atoms with Crippen molar-refractivity contribution in [2.24, 2.45) is 0 Å². The Morgan fingerprint density at radius 3 is 2.62 bits per heavy atom. The van der Waals surface area contributed by atoms with Crippen LogP contribution < -0.4 is 9.47 Å². The van der Waals surface area contributed by atoms with Crippen LogP contribution in [0.3, 0.4) is 0 Å². The van der Waals surface area contributed by atoms with Crippen molar-refractivity contribution < 1.29 is 9.47 Å². The van der Waals surface area contributed by atoms with E-state index in [4.69, 9.17) is 9.47 Å². The van der Waals surface area contributed by atoms with Crippen molar-refractivity contribution in [1.82, 2.24) is 9.78 Å². The van der Waals surface area contributed by atoms with Crippen LogP contribution in [0.1, 0.15) is 5.56 Å². The molecule has 0 spiro atoms. The van der Waals surface area contributed by atoms with Crippen LogP contribution in [0, 0.1) is 0 Å². The minimum absolute atomic E-state index is 0.730. The number of hydrogen-bond acceptors (Lipinski definition) is 3. The molecule has 0 aliphatic rings. The quantitative estimate of drug-likeness (QED) is 0.787. The van der Waals surface area contributed by atoms with Crippen LogP contribution in [0.25, 0.3) is 0 Å². The van der Waals surface area contributed by atoms with Crippen LogP contribution in [0.15, 0.2) is 36.7 Å². The molecule has 2 rings (SSSR count). The molecule has 84 valence electrons. The van der Waals surface area contributed by atoms with Gasteiger partial charge in [0.05, 0.1) is 20.8 Å². The fourth-order valence-electron chi connectivity index (χ4n) is 1.56. The number of aromatic nitrogens is 2. The lowest BCUT2D eigenvalue weighted by Gasteiger charge is -2.09. The zero-order chi connectivity index (χ0) is 11.4. The summed E-state index contributed by atoms with van der Waals surface area (Å²) in [5.41, 5.74) is 1.13. The first kappa shape index (κ1) is 10.5. The third-order valence-corrected chi connectivity index (χ3v) is 2.35. The van der Waals surface area contributed by atoms with Gasteiger partial charge in [-0.3, -0.25) is 4.68 Å². The topological polar surface area (TPSA) is 36.3 Å². The lowest BCUT2D eigenvalue weighted by Crippen LogP contribution is -2.00. The van der Waals surface area contributed by atoms with Crippen molar-refractivity contribution in [3.05, 3.63) is 42.2 Å². The fraction of sp³-hybridized carbons (Fsp3) is 0.250. The highest BCUT2D eigenvalue weighted by Gasteiger charge is 2.04. The van der Waals surface area contributed by atoms with Crippen molar-refractivity contribution in [3.8, 4) is 11.5 Å². The summed E-state index contributed by atoms with van der Waals surface area (Å²) in [5.74, 6) is 1.49. The van der Waals surface area contributed by atoms with Gasteiger partial charge < -0.3 is 9.47 Å². The molecule has 2 aromatic rings. The molecule has 1 aromatic carbocycles. The van der Waals surface area contributed by atoms with E-state index in [1.165, 1.54) is 0 Å². The Labute approximate surface area is 94.4 Å². The van der Waals surface area contributed by atoms with Crippen LogP contribution in [-0.4, -0.2) is 24.0 Å². The van der Waals surface area contributed by atoms with E-state index in [1.807, 2.05) is 35.1 Å².